The highest BCUT2D eigenvalue weighted by molar-refractivity contribution is 4.80. The van der Waals surface area contributed by atoms with Crippen LogP contribution in [0.25, 0.3) is 0 Å². The van der Waals surface area contributed by atoms with Crippen molar-refractivity contribution in [1.29, 1.82) is 0 Å². The number of hydrogen-bond acceptors (Lipinski definition) is 5. The molecule has 2 aliphatic heterocycles. The van der Waals surface area contributed by atoms with E-state index in [0.717, 1.165) is 26.1 Å². The van der Waals surface area contributed by atoms with Gasteiger partial charge in [0.25, 0.3) is 0 Å². The largest absolute Gasteiger partial charge is 0.473 e. The van der Waals surface area contributed by atoms with Gasteiger partial charge in [0, 0.05) is 0 Å². The molecule has 2 rings (SSSR count). The molecule has 0 aromatic rings. The third-order valence-electron chi connectivity index (χ3n) is 2.62. The molecule has 0 N–H and O–H groups in total. The summed E-state index contributed by atoms with van der Waals surface area (Å²) in [6.45, 7) is 4.53. The van der Waals surface area contributed by atoms with Crippen molar-refractivity contribution in [1.82, 2.24) is 0 Å². The molecule has 2 saturated heterocycles. The van der Waals surface area contributed by atoms with Crippen molar-refractivity contribution < 1.29 is 23.7 Å². The SMILES string of the molecule is C(=COC=CCCOCC1CO1)CCOCC1CO1. The Balaban J connectivity index is 1.29. The van der Waals surface area contributed by atoms with Crippen LogP contribution in [0.3, 0.4) is 0 Å². The number of ether oxygens (including phenoxy) is 5. The molecule has 2 aliphatic rings. The van der Waals surface area contributed by atoms with Gasteiger partial charge in [-0.05, 0) is 25.0 Å². The van der Waals surface area contributed by atoms with Crippen molar-refractivity contribution in [2.45, 2.75) is 25.0 Å². The van der Waals surface area contributed by atoms with Gasteiger partial charge in [0.1, 0.15) is 12.2 Å². The zero-order chi connectivity index (χ0) is 13.2. The summed E-state index contributed by atoms with van der Waals surface area (Å²) in [6, 6.07) is 0. The Kier molecular flexibility index (Phi) is 6.95. The summed E-state index contributed by atoms with van der Waals surface area (Å²) in [4.78, 5) is 0. The summed E-state index contributed by atoms with van der Waals surface area (Å²) in [6.07, 6.45) is 9.63. The van der Waals surface area contributed by atoms with Crippen LogP contribution in [0.4, 0.5) is 0 Å². The molecule has 0 bridgehead atoms. The molecule has 2 atom stereocenters. The summed E-state index contributed by atoms with van der Waals surface area (Å²) in [5.74, 6) is 0. The van der Waals surface area contributed by atoms with Crippen LogP contribution in [0.2, 0.25) is 0 Å². The lowest BCUT2D eigenvalue weighted by molar-refractivity contribution is 0.120. The quantitative estimate of drug-likeness (QED) is 0.306. The van der Waals surface area contributed by atoms with Crippen LogP contribution in [0.15, 0.2) is 24.7 Å². The fourth-order valence-electron chi connectivity index (χ4n) is 1.35. The second kappa shape index (κ2) is 9.09. The predicted octanol–water partition coefficient (Wildman–Crippen LogP) is 1.64. The molecule has 0 aromatic carbocycles. The lowest BCUT2D eigenvalue weighted by Gasteiger charge is -1.98. The van der Waals surface area contributed by atoms with Gasteiger partial charge in [-0.15, -0.1) is 0 Å². The topological polar surface area (TPSA) is 52.8 Å². The van der Waals surface area contributed by atoms with Gasteiger partial charge in [-0.25, -0.2) is 0 Å². The minimum atomic E-state index is 0.344. The van der Waals surface area contributed by atoms with Gasteiger partial charge in [0.2, 0.25) is 0 Å². The van der Waals surface area contributed by atoms with Gasteiger partial charge >= 0.3 is 0 Å². The molecule has 0 amide bonds. The Labute approximate surface area is 114 Å². The van der Waals surface area contributed by atoms with E-state index in [1.165, 1.54) is 0 Å². The maximum absolute atomic E-state index is 5.38. The molecule has 0 saturated carbocycles. The summed E-state index contributed by atoms with van der Waals surface area (Å²) >= 11 is 0. The van der Waals surface area contributed by atoms with Crippen LogP contribution >= 0.6 is 0 Å². The minimum Gasteiger partial charge on any atom is -0.473 e. The smallest absolute Gasteiger partial charge is 0.104 e. The van der Waals surface area contributed by atoms with Crippen molar-refractivity contribution in [3.63, 3.8) is 0 Å². The van der Waals surface area contributed by atoms with Gasteiger partial charge in [-0.1, -0.05) is 0 Å². The summed E-state index contributed by atoms with van der Waals surface area (Å²) in [5.41, 5.74) is 0. The first-order valence-electron chi connectivity index (χ1n) is 6.79. The fraction of sp³-hybridized carbons (Fsp3) is 0.714. The molecule has 0 radical (unpaired) electrons. The summed E-state index contributed by atoms with van der Waals surface area (Å²) in [7, 11) is 0. The molecular formula is C14H22O5. The molecule has 19 heavy (non-hydrogen) atoms. The summed E-state index contributed by atoms with van der Waals surface area (Å²) in [5, 5.41) is 0. The Bertz CT molecular complexity index is 254. The second-order valence-electron chi connectivity index (χ2n) is 4.52. The molecule has 108 valence electrons. The zero-order valence-electron chi connectivity index (χ0n) is 11.2. The normalized spacial score (nSPS) is 25.3. The van der Waals surface area contributed by atoms with Gasteiger partial charge in [-0.3, -0.25) is 0 Å². The van der Waals surface area contributed by atoms with Gasteiger partial charge < -0.3 is 23.7 Å². The van der Waals surface area contributed by atoms with E-state index >= 15 is 0 Å². The lowest BCUT2D eigenvalue weighted by atomic mass is 10.4. The van der Waals surface area contributed by atoms with Gasteiger partial charge in [-0.2, -0.15) is 0 Å². The van der Waals surface area contributed by atoms with E-state index in [0.29, 0.717) is 38.6 Å². The van der Waals surface area contributed by atoms with Gasteiger partial charge in [0.05, 0.1) is 52.2 Å². The van der Waals surface area contributed by atoms with Crippen LogP contribution in [-0.4, -0.2) is 51.8 Å². The molecule has 5 heteroatoms. The van der Waals surface area contributed by atoms with Crippen molar-refractivity contribution in [3.8, 4) is 0 Å². The molecule has 2 unspecified atom stereocenters. The van der Waals surface area contributed by atoms with Crippen molar-refractivity contribution in [2.24, 2.45) is 0 Å². The first-order chi connectivity index (χ1) is 9.45. The Morgan fingerprint density at radius 2 is 1.32 bits per heavy atom. The lowest BCUT2D eigenvalue weighted by Crippen LogP contribution is -2.01. The molecule has 0 spiro atoms. The first kappa shape index (κ1) is 14.5. The number of epoxide rings is 2. The van der Waals surface area contributed by atoms with Crippen LogP contribution < -0.4 is 0 Å². The van der Waals surface area contributed by atoms with Crippen molar-refractivity contribution >= 4 is 0 Å². The molecule has 0 aromatic heterocycles. The second-order valence-corrected chi connectivity index (χ2v) is 4.52. The van der Waals surface area contributed by atoms with Crippen molar-refractivity contribution in [2.75, 3.05) is 39.6 Å². The number of rotatable bonds is 12. The van der Waals surface area contributed by atoms with Crippen LogP contribution in [0, 0.1) is 0 Å². The highest BCUT2D eigenvalue weighted by Gasteiger charge is 2.22. The monoisotopic (exact) mass is 270 g/mol. The fourth-order valence-corrected chi connectivity index (χ4v) is 1.35. The standard InChI is InChI=1S/C14H22O5/c1(3-7-16-9-13-11-18-13)5-15-6-2-4-8-17-10-14-12-19-14/h1-2,5-6,13-14H,3-4,7-12H2. The van der Waals surface area contributed by atoms with Crippen LogP contribution in [-0.2, 0) is 23.7 Å². The first-order valence-corrected chi connectivity index (χ1v) is 6.79. The Morgan fingerprint density at radius 1 is 0.842 bits per heavy atom. The maximum Gasteiger partial charge on any atom is 0.104 e. The zero-order valence-corrected chi connectivity index (χ0v) is 11.2. The molecule has 0 aliphatic carbocycles. The molecular weight excluding hydrogens is 248 g/mol. The third-order valence-corrected chi connectivity index (χ3v) is 2.62. The average molecular weight is 270 g/mol. The van der Waals surface area contributed by atoms with Crippen molar-refractivity contribution in [3.05, 3.63) is 24.7 Å². The van der Waals surface area contributed by atoms with Gasteiger partial charge in [0.15, 0.2) is 0 Å². The van der Waals surface area contributed by atoms with E-state index in [1.807, 2.05) is 12.2 Å². The average Bonchev–Trinajstić information content (AvgIpc) is 3.28. The van der Waals surface area contributed by atoms with Crippen LogP contribution in [0.1, 0.15) is 12.8 Å². The molecule has 5 nitrogen and oxygen atoms in total. The van der Waals surface area contributed by atoms with Crippen LogP contribution in [0.5, 0.6) is 0 Å². The third kappa shape index (κ3) is 8.77. The van der Waals surface area contributed by atoms with E-state index in [2.05, 4.69) is 0 Å². The van der Waals surface area contributed by atoms with E-state index in [1.54, 1.807) is 12.5 Å². The van der Waals surface area contributed by atoms with E-state index in [9.17, 15) is 0 Å². The minimum absolute atomic E-state index is 0.344. The molecule has 2 heterocycles. The predicted molar refractivity (Wildman–Crippen MR) is 69.7 cm³/mol. The highest BCUT2D eigenvalue weighted by atomic mass is 16.6. The Hall–Kier alpha value is -0.880. The number of hydrogen-bond donors (Lipinski definition) is 0. The summed E-state index contributed by atoms with van der Waals surface area (Å²) < 4.78 is 26.0. The maximum atomic E-state index is 5.38. The molecule has 2 fully saturated rings. The highest BCUT2D eigenvalue weighted by Crippen LogP contribution is 2.09. The van der Waals surface area contributed by atoms with E-state index in [-0.39, 0.29) is 0 Å². The van der Waals surface area contributed by atoms with E-state index in [4.69, 9.17) is 23.7 Å². The van der Waals surface area contributed by atoms with E-state index < -0.39 is 0 Å². The Morgan fingerprint density at radius 3 is 1.74 bits per heavy atom.